The van der Waals surface area contributed by atoms with Crippen LogP contribution in [0.15, 0.2) is 11.5 Å². The molecule has 26 heavy (non-hydrogen) atoms. The average molecular weight is 390 g/mol. The SMILES string of the molecule is CCCCCn1cnnc1SCC(=O)Nc1sc2c(c1C#N)CCCC2. The third-order valence-electron chi connectivity index (χ3n) is 4.45. The number of aryl methyl sites for hydroxylation is 2. The standard InChI is InChI=1S/C18H23N5OS2/c1-2-3-6-9-23-12-20-22-18(23)25-11-16(24)21-17-14(10-19)13-7-4-5-8-15(13)26-17/h12H,2-9,11H2,1H3,(H,21,24). The molecule has 1 aliphatic carbocycles. The van der Waals surface area contributed by atoms with E-state index in [2.05, 4.69) is 28.5 Å². The highest BCUT2D eigenvalue weighted by Gasteiger charge is 2.22. The Morgan fingerprint density at radius 1 is 1.42 bits per heavy atom. The number of unbranched alkanes of at least 4 members (excludes halogenated alkanes) is 2. The maximum absolute atomic E-state index is 12.4. The van der Waals surface area contributed by atoms with Crippen molar-refractivity contribution in [3.8, 4) is 6.07 Å². The average Bonchev–Trinajstić information content (AvgIpc) is 3.23. The number of hydrogen-bond acceptors (Lipinski definition) is 6. The lowest BCUT2D eigenvalue weighted by Crippen LogP contribution is -2.14. The molecular weight excluding hydrogens is 366 g/mol. The molecule has 3 rings (SSSR count). The van der Waals surface area contributed by atoms with Crippen LogP contribution in [0.2, 0.25) is 0 Å². The molecule has 8 heteroatoms. The molecule has 6 nitrogen and oxygen atoms in total. The van der Waals surface area contributed by atoms with Crippen molar-refractivity contribution in [1.29, 1.82) is 5.26 Å². The van der Waals surface area contributed by atoms with E-state index < -0.39 is 0 Å². The summed E-state index contributed by atoms with van der Waals surface area (Å²) in [5.74, 6) is 0.160. The van der Waals surface area contributed by atoms with Gasteiger partial charge in [0.15, 0.2) is 5.16 Å². The van der Waals surface area contributed by atoms with Crippen LogP contribution >= 0.6 is 23.1 Å². The fourth-order valence-electron chi connectivity index (χ4n) is 3.11. The van der Waals surface area contributed by atoms with Crippen molar-refractivity contribution in [1.82, 2.24) is 14.8 Å². The zero-order valence-electron chi connectivity index (χ0n) is 15.0. The van der Waals surface area contributed by atoms with Crippen LogP contribution in [0, 0.1) is 11.3 Å². The molecule has 0 atom stereocenters. The maximum atomic E-state index is 12.4. The summed E-state index contributed by atoms with van der Waals surface area (Å²) < 4.78 is 2.00. The quantitative estimate of drug-likeness (QED) is 0.545. The van der Waals surface area contributed by atoms with Gasteiger partial charge in [0.1, 0.15) is 17.4 Å². The van der Waals surface area contributed by atoms with Crippen LogP contribution in [0.3, 0.4) is 0 Å². The summed E-state index contributed by atoms with van der Waals surface area (Å²) in [6, 6.07) is 2.28. The van der Waals surface area contributed by atoms with Gasteiger partial charge in [-0.05, 0) is 37.7 Å². The molecule has 1 amide bonds. The van der Waals surface area contributed by atoms with Crippen molar-refractivity contribution >= 4 is 34.0 Å². The second kappa shape index (κ2) is 9.19. The van der Waals surface area contributed by atoms with Crippen LogP contribution in [0.4, 0.5) is 5.00 Å². The summed E-state index contributed by atoms with van der Waals surface area (Å²) >= 11 is 2.94. The minimum Gasteiger partial charge on any atom is -0.316 e. The molecule has 2 heterocycles. The Kier molecular flexibility index (Phi) is 6.69. The Morgan fingerprint density at radius 3 is 3.08 bits per heavy atom. The number of nitriles is 1. The van der Waals surface area contributed by atoms with Gasteiger partial charge in [-0.3, -0.25) is 4.79 Å². The van der Waals surface area contributed by atoms with Crippen molar-refractivity contribution in [2.75, 3.05) is 11.1 Å². The van der Waals surface area contributed by atoms with Gasteiger partial charge in [-0.2, -0.15) is 5.26 Å². The molecule has 0 bridgehead atoms. The van der Waals surface area contributed by atoms with Crippen molar-refractivity contribution in [2.24, 2.45) is 0 Å². The summed E-state index contributed by atoms with van der Waals surface area (Å²) in [5.41, 5.74) is 1.80. The summed E-state index contributed by atoms with van der Waals surface area (Å²) in [7, 11) is 0. The molecule has 2 aromatic rings. The Morgan fingerprint density at radius 2 is 2.27 bits per heavy atom. The first-order valence-corrected chi connectivity index (χ1v) is 10.9. The molecule has 0 fully saturated rings. The van der Waals surface area contributed by atoms with Crippen molar-refractivity contribution < 1.29 is 4.79 Å². The largest absolute Gasteiger partial charge is 0.316 e. The first kappa shape index (κ1) is 18.9. The van der Waals surface area contributed by atoms with E-state index in [9.17, 15) is 10.1 Å². The minimum atomic E-state index is -0.104. The highest BCUT2D eigenvalue weighted by atomic mass is 32.2. The van der Waals surface area contributed by atoms with Crippen molar-refractivity contribution in [3.05, 3.63) is 22.3 Å². The minimum absolute atomic E-state index is 0.104. The number of nitrogens with one attached hydrogen (secondary N) is 1. The van der Waals surface area contributed by atoms with Crippen molar-refractivity contribution in [2.45, 2.75) is 63.6 Å². The van der Waals surface area contributed by atoms with E-state index in [4.69, 9.17) is 0 Å². The molecule has 0 saturated carbocycles. The third-order valence-corrected chi connectivity index (χ3v) is 6.64. The number of aromatic nitrogens is 3. The summed E-state index contributed by atoms with van der Waals surface area (Å²) in [4.78, 5) is 13.6. The number of hydrogen-bond donors (Lipinski definition) is 1. The predicted molar refractivity (Wildman–Crippen MR) is 105 cm³/mol. The van der Waals surface area contributed by atoms with E-state index in [-0.39, 0.29) is 11.7 Å². The van der Waals surface area contributed by atoms with Gasteiger partial charge >= 0.3 is 0 Å². The molecule has 0 saturated heterocycles. The van der Waals surface area contributed by atoms with Gasteiger partial charge in [0.05, 0.1) is 11.3 Å². The second-order valence-corrected chi connectivity index (χ2v) is 8.43. The molecule has 0 spiro atoms. The number of anilines is 1. The summed E-state index contributed by atoms with van der Waals surface area (Å²) in [6.45, 7) is 3.05. The second-order valence-electron chi connectivity index (χ2n) is 6.38. The molecule has 138 valence electrons. The Hall–Kier alpha value is -1.85. The first-order valence-electron chi connectivity index (χ1n) is 9.08. The molecule has 0 radical (unpaired) electrons. The molecule has 0 aromatic carbocycles. The van der Waals surface area contributed by atoms with Crippen LogP contribution in [-0.4, -0.2) is 26.4 Å². The Bertz CT molecular complexity index is 805. The molecule has 1 N–H and O–H groups in total. The van der Waals surface area contributed by atoms with Crippen LogP contribution in [0.5, 0.6) is 0 Å². The highest BCUT2D eigenvalue weighted by molar-refractivity contribution is 7.99. The lowest BCUT2D eigenvalue weighted by molar-refractivity contribution is -0.113. The number of thioether (sulfide) groups is 1. The van der Waals surface area contributed by atoms with E-state index >= 15 is 0 Å². The van der Waals surface area contributed by atoms with Gasteiger partial charge in [0, 0.05) is 11.4 Å². The van der Waals surface area contributed by atoms with E-state index in [0.717, 1.165) is 49.4 Å². The van der Waals surface area contributed by atoms with Crippen LogP contribution in [0.1, 0.15) is 55.0 Å². The lowest BCUT2D eigenvalue weighted by atomic mass is 9.96. The fraction of sp³-hybridized carbons (Fsp3) is 0.556. The molecule has 0 unspecified atom stereocenters. The summed E-state index contributed by atoms with van der Waals surface area (Å²) in [5, 5.41) is 21.9. The number of rotatable bonds is 8. The number of thiophene rings is 1. The smallest absolute Gasteiger partial charge is 0.235 e. The van der Waals surface area contributed by atoms with Crippen LogP contribution in [0.25, 0.3) is 0 Å². The van der Waals surface area contributed by atoms with E-state index in [1.54, 1.807) is 17.7 Å². The topological polar surface area (TPSA) is 83.6 Å². The molecule has 0 aliphatic heterocycles. The van der Waals surface area contributed by atoms with E-state index in [0.29, 0.717) is 10.6 Å². The predicted octanol–water partition coefficient (Wildman–Crippen LogP) is 4.01. The van der Waals surface area contributed by atoms with Gasteiger partial charge in [-0.1, -0.05) is 31.5 Å². The van der Waals surface area contributed by atoms with Crippen LogP contribution in [-0.2, 0) is 24.2 Å². The first-order chi connectivity index (χ1) is 12.7. The highest BCUT2D eigenvalue weighted by Crippen LogP contribution is 2.37. The number of carbonyl (C=O) groups is 1. The van der Waals surface area contributed by atoms with Gasteiger partial charge in [0.25, 0.3) is 0 Å². The monoisotopic (exact) mass is 389 g/mol. The normalized spacial score (nSPS) is 13.2. The van der Waals surface area contributed by atoms with E-state index in [1.165, 1.54) is 29.5 Å². The van der Waals surface area contributed by atoms with Gasteiger partial charge < -0.3 is 9.88 Å². The number of nitrogens with zero attached hydrogens (tertiary/aromatic N) is 4. The zero-order chi connectivity index (χ0) is 18.4. The Labute approximate surface area is 162 Å². The fourth-order valence-corrected chi connectivity index (χ4v) is 5.10. The third kappa shape index (κ3) is 4.46. The lowest BCUT2D eigenvalue weighted by Gasteiger charge is -2.09. The van der Waals surface area contributed by atoms with Crippen molar-refractivity contribution in [3.63, 3.8) is 0 Å². The number of fused-ring (bicyclic) bond motifs is 1. The molecule has 1 aliphatic rings. The molecule has 2 aromatic heterocycles. The Balaban J connectivity index is 1.58. The summed E-state index contributed by atoms with van der Waals surface area (Å²) in [6.07, 6.45) is 9.38. The number of amides is 1. The maximum Gasteiger partial charge on any atom is 0.235 e. The number of carbonyl (C=O) groups excluding carboxylic acids is 1. The zero-order valence-corrected chi connectivity index (χ0v) is 16.6. The van der Waals surface area contributed by atoms with E-state index in [1.807, 2.05) is 4.57 Å². The van der Waals surface area contributed by atoms with Gasteiger partial charge in [-0.15, -0.1) is 21.5 Å². The van der Waals surface area contributed by atoms with Crippen LogP contribution < -0.4 is 5.32 Å². The van der Waals surface area contributed by atoms with Gasteiger partial charge in [-0.25, -0.2) is 0 Å². The van der Waals surface area contributed by atoms with Gasteiger partial charge in [0.2, 0.25) is 5.91 Å². The molecular formula is C18H23N5OS2.